The van der Waals surface area contributed by atoms with Gasteiger partial charge in [-0.2, -0.15) is 0 Å². The molecular weight excluding hydrogens is 272 g/mol. The van der Waals surface area contributed by atoms with E-state index in [1.165, 1.54) is 0 Å². The number of hydrogen-bond acceptors (Lipinski definition) is 2. The van der Waals surface area contributed by atoms with Crippen LogP contribution in [0.15, 0.2) is 71.5 Å². The molecular formula is C19H14N2O. The minimum atomic E-state index is -0.0281. The van der Waals surface area contributed by atoms with Crippen molar-refractivity contribution < 1.29 is 0 Å². The Morgan fingerprint density at radius 3 is 2.32 bits per heavy atom. The van der Waals surface area contributed by atoms with Crippen molar-refractivity contribution in [1.82, 2.24) is 4.98 Å². The van der Waals surface area contributed by atoms with Gasteiger partial charge in [0.15, 0.2) is 5.43 Å². The zero-order valence-electron chi connectivity index (χ0n) is 11.8. The van der Waals surface area contributed by atoms with E-state index in [9.17, 15) is 4.79 Å². The quantitative estimate of drug-likeness (QED) is 0.411. The Morgan fingerprint density at radius 1 is 0.773 bits per heavy atom. The van der Waals surface area contributed by atoms with Crippen LogP contribution in [0.3, 0.4) is 0 Å². The third-order valence-corrected chi connectivity index (χ3v) is 4.00. The van der Waals surface area contributed by atoms with E-state index >= 15 is 0 Å². The van der Waals surface area contributed by atoms with Crippen molar-refractivity contribution >= 4 is 27.5 Å². The normalized spacial score (nSPS) is 11.1. The summed E-state index contributed by atoms with van der Waals surface area (Å²) in [5, 5.41) is 1.21. The summed E-state index contributed by atoms with van der Waals surface area (Å²) >= 11 is 0. The summed E-state index contributed by atoms with van der Waals surface area (Å²) in [6.07, 6.45) is 0. The first-order chi connectivity index (χ1) is 10.8. The fourth-order valence-electron chi connectivity index (χ4n) is 2.91. The molecule has 0 aliphatic rings. The van der Waals surface area contributed by atoms with Gasteiger partial charge in [0.2, 0.25) is 0 Å². The molecule has 0 spiro atoms. The highest BCUT2D eigenvalue weighted by Crippen LogP contribution is 2.31. The molecule has 0 saturated heterocycles. The third-order valence-electron chi connectivity index (χ3n) is 4.00. The van der Waals surface area contributed by atoms with Crippen LogP contribution < -0.4 is 11.2 Å². The molecule has 4 aromatic rings. The predicted molar refractivity (Wildman–Crippen MR) is 91.9 cm³/mol. The summed E-state index contributed by atoms with van der Waals surface area (Å²) in [6, 6.07) is 21.2. The predicted octanol–water partition coefficient (Wildman–Crippen LogP) is 3.93. The molecule has 0 aliphatic heterocycles. The summed E-state index contributed by atoms with van der Waals surface area (Å²) in [4.78, 5) is 16.1. The number of benzene rings is 3. The number of nitrogen functional groups attached to an aromatic ring is 1. The van der Waals surface area contributed by atoms with Crippen LogP contribution in [0.25, 0.3) is 32.9 Å². The number of para-hydroxylation sites is 1. The maximum Gasteiger partial charge on any atom is 0.199 e. The highest BCUT2D eigenvalue weighted by atomic mass is 16.1. The van der Waals surface area contributed by atoms with Crippen molar-refractivity contribution in [2.24, 2.45) is 0 Å². The molecule has 3 N–H and O–H groups in total. The van der Waals surface area contributed by atoms with Crippen molar-refractivity contribution in [2.75, 3.05) is 5.73 Å². The average molecular weight is 286 g/mol. The molecule has 0 bridgehead atoms. The fraction of sp³-hybridized carbons (Fsp3) is 0. The minimum Gasteiger partial charge on any atom is -0.398 e. The first-order valence-corrected chi connectivity index (χ1v) is 7.14. The lowest BCUT2D eigenvalue weighted by atomic mass is 9.99. The molecule has 0 saturated carbocycles. The van der Waals surface area contributed by atoms with Gasteiger partial charge in [0, 0.05) is 16.5 Å². The van der Waals surface area contributed by atoms with Crippen molar-refractivity contribution in [3.8, 4) is 11.1 Å². The van der Waals surface area contributed by atoms with Crippen molar-refractivity contribution in [2.45, 2.75) is 0 Å². The van der Waals surface area contributed by atoms with Crippen LogP contribution in [0.2, 0.25) is 0 Å². The van der Waals surface area contributed by atoms with Gasteiger partial charge in [-0.15, -0.1) is 0 Å². The molecule has 3 nitrogen and oxygen atoms in total. The highest BCUT2D eigenvalue weighted by molar-refractivity contribution is 6.03. The summed E-state index contributed by atoms with van der Waals surface area (Å²) in [5.74, 6) is 0. The Balaban J connectivity index is 2.13. The van der Waals surface area contributed by atoms with E-state index < -0.39 is 0 Å². The van der Waals surface area contributed by atoms with Crippen LogP contribution in [0.5, 0.6) is 0 Å². The van der Waals surface area contributed by atoms with Crippen LogP contribution in [0, 0.1) is 0 Å². The number of nitrogens with two attached hydrogens (primary N) is 1. The summed E-state index contributed by atoms with van der Waals surface area (Å²) in [6.45, 7) is 0. The molecule has 1 aromatic heterocycles. The number of anilines is 1. The molecule has 22 heavy (non-hydrogen) atoms. The number of hydrogen-bond donors (Lipinski definition) is 2. The van der Waals surface area contributed by atoms with Crippen molar-refractivity contribution in [3.05, 3.63) is 77.0 Å². The van der Waals surface area contributed by atoms with Crippen molar-refractivity contribution in [3.63, 3.8) is 0 Å². The van der Waals surface area contributed by atoms with Gasteiger partial charge in [0.1, 0.15) is 0 Å². The number of rotatable bonds is 1. The van der Waals surface area contributed by atoms with Gasteiger partial charge < -0.3 is 10.7 Å². The zero-order valence-corrected chi connectivity index (χ0v) is 11.8. The summed E-state index contributed by atoms with van der Waals surface area (Å²) < 4.78 is 0. The van der Waals surface area contributed by atoms with E-state index in [1.807, 2.05) is 66.7 Å². The van der Waals surface area contributed by atoms with Crippen molar-refractivity contribution in [1.29, 1.82) is 0 Å². The van der Waals surface area contributed by atoms with Crippen LogP contribution in [0.1, 0.15) is 0 Å². The zero-order chi connectivity index (χ0) is 15.1. The topological polar surface area (TPSA) is 58.9 Å². The Labute approximate surface area is 127 Å². The number of aromatic nitrogens is 1. The van der Waals surface area contributed by atoms with Crippen LogP contribution in [-0.4, -0.2) is 4.98 Å². The lowest BCUT2D eigenvalue weighted by molar-refractivity contribution is 1.48. The second kappa shape index (κ2) is 4.74. The number of aromatic amines is 1. The smallest absolute Gasteiger partial charge is 0.199 e. The summed E-state index contributed by atoms with van der Waals surface area (Å²) in [5.41, 5.74) is 10.3. The Hall–Kier alpha value is -3.07. The van der Waals surface area contributed by atoms with Crippen LogP contribution >= 0.6 is 0 Å². The van der Waals surface area contributed by atoms with Gasteiger partial charge in [-0.1, -0.05) is 48.5 Å². The Bertz CT molecular complexity index is 1050. The molecule has 1 heterocycles. The van der Waals surface area contributed by atoms with Crippen LogP contribution in [0.4, 0.5) is 5.69 Å². The SMILES string of the molecule is Nc1c(-c2ccccc2)ccc2[nH]c3ccccc3c(=O)c12. The molecule has 0 aliphatic carbocycles. The Morgan fingerprint density at radius 2 is 1.50 bits per heavy atom. The minimum absolute atomic E-state index is 0.0281. The standard InChI is InChI=1S/C19H14N2O/c20-18-13(12-6-2-1-3-7-12)10-11-16-17(18)19(22)14-8-4-5-9-15(14)21-16/h1-11H,20H2,(H,21,22). The molecule has 3 aromatic carbocycles. The van der Waals surface area contributed by atoms with E-state index in [-0.39, 0.29) is 5.43 Å². The van der Waals surface area contributed by atoms with E-state index in [1.54, 1.807) is 0 Å². The van der Waals surface area contributed by atoms with Crippen LogP contribution in [-0.2, 0) is 0 Å². The molecule has 0 unspecified atom stereocenters. The van der Waals surface area contributed by atoms with E-state index in [4.69, 9.17) is 5.73 Å². The first-order valence-electron chi connectivity index (χ1n) is 7.14. The maximum absolute atomic E-state index is 12.8. The second-order valence-electron chi connectivity index (χ2n) is 5.32. The number of fused-ring (bicyclic) bond motifs is 2. The molecule has 106 valence electrons. The van der Waals surface area contributed by atoms with Gasteiger partial charge in [-0.05, 0) is 23.8 Å². The Kier molecular flexibility index (Phi) is 2.73. The highest BCUT2D eigenvalue weighted by Gasteiger charge is 2.12. The van der Waals surface area contributed by atoms with Gasteiger partial charge in [0.05, 0.1) is 16.6 Å². The number of H-pyrrole nitrogens is 1. The van der Waals surface area contributed by atoms with Gasteiger partial charge >= 0.3 is 0 Å². The molecule has 0 amide bonds. The number of nitrogens with one attached hydrogen (secondary N) is 1. The molecule has 3 heteroatoms. The summed E-state index contributed by atoms with van der Waals surface area (Å²) in [7, 11) is 0. The fourth-order valence-corrected chi connectivity index (χ4v) is 2.91. The van der Waals surface area contributed by atoms with Gasteiger partial charge in [-0.25, -0.2) is 0 Å². The first kappa shape index (κ1) is 12.7. The van der Waals surface area contributed by atoms with E-state index in [0.717, 1.165) is 22.2 Å². The lowest BCUT2D eigenvalue weighted by Crippen LogP contribution is -2.07. The maximum atomic E-state index is 12.8. The van der Waals surface area contributed by atoms with Gasteiger partial charge in [0.25, 0.3) is 0 Å². The number of pyridine rings is 1. The molecule has 4 rings (SSSR count). The molecule has 0 fully saturated rings. The second-order valence-corrected chi connectivity index (χ2v) is 5.32. The monoisotopic (exact) mass is 286 g/mol. The molecule has 0 atom stereocenters. The third kappa shape index (κ3) is 1.79. The average Bonchev–Trinajstić information content (AvgIpc) is 2.56. The van der Waals surface area contributed by atoms with E-state index in [0.29, 0.717) is 16.5 Å². The largest absolute Gasteiger partial charge is 0.398 e. The van der Waals surface area contributed by atoms with E-state index in [2.05, 4.69) is 4.98 Å². The molecule has 0 radical (unpaired) electrons. The lowest BCUT2D eigenvalue weighted by Gasteiger charge is -2.10. The van der Waals surface area contributed by atoms with Gasteiger partial charge in [-0.3, -0.25) is 4.79 Å².